The molecule has 168 valence electrons. The lowest BCUT2D eigenvalue weighted by Crippen LogP contribution is -2.23. The molecule has 0 aliphatic carbocycles. The predicted octanol–water partition coefficient (Wildman–Crippen LogP) is 3.57. The van der Waals surface area contributed by atoms with Crippen molar-refractivity contribution < 1.29 is 27.1 Å². The molecule has 1 aliphatic heterocycles. The van der Waals surface area contributed by atoms with Crippen LogP contribution in [0.15, 0.2) is 76.2 Å². The summed E-state index contributed by atoms with van der Waals surface area (Å²) >= 11 is 0. The molecule has 1 aromatic heterocycles. The third kappa shape index (κ3) is 5.76. The van der Waals surface area contributed by atoms with E-state index in [9.17, 15) is 13.2 Å². The van der Waals surface area contributed by atoms with Gasteiger partial charge in [-0.3, -0.25) is 4.79 Å². The van der Waals surface area contributed by atoms with Crippen molar-refractivity contribution in [3.8, 4) is 5.75 Å². The fraction of sp³-hybridized carbons (Fsp3) is 0.261. The Labute approximate surface area is 186 Å². The second-order valence-corrected chi connectivity index (χ2v) is 9.12. The minimum atomic E-state index is -3.70. The van der Waals surface area contributed by atoms with E-state index in [-0.39, 0.29) is 23.5 Å². The largest absolute Gasteiger partial charge is 0.491 e. The summed E-state index contributed by atoms with van der Waals surface area (Å²) < 4.78 is 43.6. The van der Waals surface area contributed by atoms with E-state index >= 15 is 0 Å². The lowest BCUT2D eigenvalue weighted by atomic mass is 10.2. The monoisotopic (exact) mass is 456 g/mol. The van der Waals surface area contributed by atoms with Crippen LogP contribution in [0, 0.1) is 0 Å². The number of hydrogen-bond acceptors (Lipinski definition) is 6. The maximum Gasteiger partial charge on any atom is 0.255 e. The van der Waals surface area contributed by atoms with E-state index in [0.717, 1.165) is 19.4 Å². The number of amides is 1. The van der Waals surface area contributed by atoms with Crippen LogP contribution in [0.3, 0.4) is 0 Å². The number of sulfonamides is 1. The Morgan fingerprint density at radius 1 is 1.06 bits per heavy atom. The summed E-state index contributed by atoms with van der Waals surface area (Å²) in [6, 6.07) is 16.2. The van der Waals surface area contributed by atoms with E-state index in [4.69, 9.17) is 13.9 Å². The molecule has 1 aliphatic rings. The van der Waals surface area contributed by atoms with Gasteiger partial charge in [0.2, 0.25) is 10.0 Å². The highest BCUT2D eigenvalue weighted by atomic mass is 32.2. The van der Waals surface area contributed by atoms with Gasteiger partial charge in [-0.25, -0.2) is 13.1 Å². The fourth-order valence-corrected chi connectivity index (χ4v) is 4.24. The van der Waals surface area contributed by atoms with Crippen molar-refractivity contribution in [2.24, 2.45) is 0 Å². The molecule has 0 radical (unpaired) electrons. The molecule has 1 saturated heterocycles. The first-order valence-corrected chi connectivity index (χ1v) is 11.8. The summed E-state index contributed by atoms with van der Waals surface area (Å²) in [6.45, 7) is 1.33. The molecule has 4 rings (SSSR count). The Hall–Kier alpha value is -3.14. The molecule has 0 unspecified atom stereocenters. The zero-order chi connectivity index (χ0) is 22.4. The Balaban J connectivity index is 1.31. The number of anilines is 1. The van der Waals surface area contributed by atoms with Gasteiger partial charge in [0.1, 0.15) is 18.1 Å². The summed E-state index contributed by atoms with van der Waals surface area (Å²) in [6.07, 6.45) is 3.67. The van der Waals surface area contributed by atoms with E-state index < -0.39 is 10.0 Å². The number of ether oxygens (including phenoxy) is 2. The van der Waals surface area contributed by atoms with Crippen LogP contribution in [0.2, 0.25) is 0 Å². The average molecular weight is 457 g/mol. The van der Waals surface area contributed by atoms with E-state index in [2.05, 4.69) is 10.0 Å². The molecule has 0 bridgehead atoms. The highest BCUT2D eigenvalue weighted by Crippen LogP contribution is 2.19. The summed E-state index contributed by atoms with van der Waals surface area (Å²) in [5.41, 5.74) is 0.949. The average Bonchev–Trinajstić information content (AvgIpc) is 3.51. The van der Waals surface area contributed by atoms with Crippen LogP contribution in [-0.2, 0) is 21.3 Å². The molecule has 3 aromatic rings. The van der Waals surface area contributed by atoms with Gasteiger partial charge in [0.05, 0.1) is 23.8 Å². The first-order valence-electron chi connectivity index (χ1n) is 10.3. The molecular weight excluding hydrogens is 432 g/mol. The number of nitrogens with one attached hydrogen (secondary N) is 2. The number of hydrogen-bond donors (Lipinski definition) is 2. The maximum absolute atomic E-state index is 12.5. The van der Waals surface area contributed by atoms with E-state index in [1.807, 2.05) is 0 Å². The molecule has 0 spiro atoms. The minimum Gasteiger partial charge on any atom is -0.491 e. The van der Waals surface area contributed by atoms with E-state index in [1.54, 1.807) is 48.5 Å². The van der Waals surface area contributed by atoms with Crippen molar-refractivity contribution in [3.05, 3.63) is 78.3 Å². The Kier molecular flexibility index (Phi) is 6.89. The van der Waals surface area contributed by atoms with Gasteiger partial charge in [0.25, 0.3) is 5.91 Å². The molecule has 9 heteroatoms. The molecule has 1 fully saturated rings. The van der Waals surface area contributed by atoms with Crippen LogP contribution in [0.4, 0.5) is 5.69 Å². The maximum atomic E-state index is 12.5. The SMILES string of the molecule is O=C(Nc1ccc(S(=O)(=O)NCc2ccco2)cc1)c1ccc(OC[C@H]2CCCO2)cc1. The Bertz CT molecular complexity index is 1120. The number of benzene rings is 2. The fourth-order valence-electron chi connectivity index (χ4n) is 3.25. The normalized spacial score (nSPS) is 16.1. The van der Waals surface area contributed by atoms with Crippen molar-refractivity contribution in [2.75, 3.05) is 18.5 Å². The molecule has 1 amide bonds. The molecule has 2 heterocycles. The number of rotatable bonds is 9. The lowest BCUT2D eigenvalue weighted by molar-refractivity contribution is 0.0679. The minimum absolute atomic E-state index is 0.0568. The van der Waals surface area contributed by atoms with Crippen molar-refractivity contribution >= 4 is 21.6 Å². The summed E-state index contributed by atoms with van der Waals surface area (Å²) in [5, 5.41) is 2.76. The van der Waals surface area contributed by atoms with Gasteiger partial charge >= 0.3 is 0 Å². The van der Waals surface area contributed by atoms with Crippen molar-refractivity contribution in [1.82, 2.24) is 4.72 Å². The van der Waals surface area contributed by atoms with Crippen LogP contribution in [0.1, 0.15) is 29.0 Å². The first-order chi connectivity index (χ1) is 15.5. The van der Waals surface area contributed by atoms with Crippen molar-refractivity contribution in [2.45, 2.75) is 30.4 Å². The highest BCUT2D eigenvalue weighted by molar-refractivity contribution is 7.89. The molecule has 1 atom stereocenters. The molecular formula is C23H24N2O6S. The topological polar surface area (TPSA) is 107 Å². The van der Waals surface area contributed by atoms with Crippen LogP contribution in [-0.4, -0.2) is 33.6 Å². The second kappa shape index (κ2) is 9.99. The third-order valence-corrected chi connectivity index (χ3v) is 6.43. The molecule has 0 saturated carbocycles. The van der Waals surface area contributed by atoms with Crippen LogP contribution in [0.5, 0.6) is 5.75 Å². The zero-order valence-electron chi connectivity index (χ0n) is 17.3. The van der Waals surface area contributed by atoms with Gasteiger partial charge in [-0.2, -0.15) is 0 Å². The van der Waals surface area contributed by atoms with Gasteiger partial charge in [0.15, 0.2) is 0 Å². The number of carbonyl (C=O) groups is 1. The molecule has 2 N–H and O–H groups in total. The zero-order valence-corrected chi connectivity index (χ0v) is 18.1. The van der Waals surface area contributed by atoms with Crippen molar-refractivity contribution in [1.29, 1.82) is 0 Å². The standard InChI is InChI=1S/C23H24N2O6S/c26-23(17-5-9-19(10-6-17)31-16-21-4-2-14-30-21)25-18-7-11-22(12-8-18)32(27,28)24-15-20-3-1-13-29-20/h1,3,5-13,21,24H,2,4,14-16H2,(H,25,26)/t21-/m1/s1. The number of furan rings is 1. The molecule has 32 heavy (non-hydrogen) atoms. The van der Waals surface area contributed by atoms with Crippen LogP contribution >= 0.6 is 0 Å². The van der Waals surface area contributed by atoms with Gasteiger partial charge < -0.3 is 19.2 Å². The molecule has 2 aromatic carbocycles. The first kappa shape index (κ1) is 22.1. The highest BCUT2D eigenvalue weighted by Gasteiger charge is 2.17. The second-order valence-electron chi connectivity index (χ2n) is 7.35. The van der Waals surface area contributed by atoms with Crippen LogP contribution in [0.25, 0.3) is 0 Å². The molecule has 8 nitrogen and oxygen atoms in total. The summed E-state index contributed by atoms with van der Waals surface area (Å²) in [5.74, 6) is 0.886. The summed E-state index contributed by atoms with van der Waals surface area (Å²) in [7, 11) is -3.70. The Morgan fingerprint density at radius 3 is 2.50 bits per heavy atom. The lowest BCUT2D eigenvalue weighted by Gasteiger charge is -2.12. The van der Waals surface area contributed by atoms with Gasteiger partial charge in [0, 0.05) is 17.9 Å². The van der Waals surface area contributed by atoms with E-state index in [1.165, 1.54) is 18.4 Å². The van der Waals surface area contributed by atoms with Crippen molar-refractivity contribution in [3.63, 3.8) is 0 Å². The summed E-state index contributed by atoms with van der Waals surface area (Å²) in [4.78, 5) is 12.6. The van der Waals surface area contributed by atoms with Gasteiger partial charge in [-0.15, -0.1) is 0 Å². The predicted molar refractivity (Wildman–Crippen MR) is 118 cm³/mol. The number of carbonyl (C=O) groups excluding carboxylic acids is 1. The smallest absolute Gasteiger partial charge is 0.255 e. The Morgan fingerprint density at radius 2 is 1.84 bits per heavy atom. The third-order valence-electron chi connectivity index (χ3n) is 5.02. The van der Waals surface area contributed by atoms with Crippen LogP contribution < -0.4 is 14.8 Å². The van der Waals surface area contributed by atoms with E-state index in [0.29, 0.717) is 29.4 Å². The van der Waals surface area contributed by atoms with Gasteiger partial charge in [-0.1, -0.05) is 0 Å². The quantitative estimate of drug-likeness (QED) is 0.510. The van der Waals surface area contributed by atoms with Gasteiger partial charge in [-0.05, 0) is 73.5 Å².